The molecule has 0 amide bonds. The van der Waals surface area contributed by atoms with Crippen LogP contribution in [0, 0.1) is 6.92 Å². The number of benzene rings is 2. The first kappa shape index (κ1) is 20.2. The van der Waals surface area contributed by atoms with Crippen LogP contribution in [0.15, 0.2) is 54.6 Å². The maximum absolute atomic E-state index is 12.9. The van der Waals surface area contributed by atoms with Crippen LogP contribution < -0.4 is 4.72 Å². The Morgan fingerprint density at radius 2 is 1.68 bits per heavy atom. The van der Waals surface area contributed by atoms with Gasteiger partial charge in [0.25, 0.3) is 0 Å². The Hall–Kier alpha value is -2.57. The maximum Gasteiger partial charge on any atom is 0.229 e. The van der Waals surface area contributed by atoms with Crippen molar-refractivity contribution in [3.63, 3.8) is 0 Å². The highest BCUT2D eigenvalue weighted by molar-refractivity contribution is 7.92. The second-order valence-electron chi connectivity index (χ2n) is 6.81. The summed E-state index contributed by atoms with van der Waals surface area (Å²) >= 11 is 5.91. The second-order valence-corrected chi connectivity index (χ2v) is 9.00. The molecular weight excluding hydrogens is 396 g/mol. The number of hydrogen-bond acceptors (Lipinski definition) is 3. The van der Waals surface area contributed by atoms with E-state index in [4.69, 9.17) is 11.6 Å². The summed E-state index contributed by atoms with van der Waals surface area (Å²) in [5.74, 6) is -0.0457. The van der Waals surface area contributed by atoms with Crippen molar-refractivity contribution in [3.8, 4) is 0 Å². The fourth-order valence-corrected chi connectivity index (χ4v) is 3.87. The molecule has 0 unspecified atom stereocenters. The summed E-state index contributed by atoms with van der Waals surface area (Å²) in [6.07, 6.45) is 1.75. The van der Waals surface area contributed by atoms with Crippen molar-refractivity contribution < 1.29 is 13.2 Å². The number of carbonyl (C=O) groups is 1. The van der Waals surface area contributed by atoms with Gasteiger partial charge in [-0.25, -0.2) is 8.42 Å². The van der Waals surface area contributed by atoms with Crippen LogP contribution in [0.2, 0.25) is 5.02 Å². The third-order valence-electron chi connectivity index (χ3n) is 4.49. The smallest absolute Gasteiger partial charge is 0.229 e. The summed E-state index contributed by atoms with van der Waals surface area (Å²) in [7, 11) is -1.42. The summed E-state index contributed by atoms with van der Waals surface area (Å²) in [4.78, 5) is 12.9. The first-order chi connectivity index (χ1) is 13.1. The summed E-state index contributed by atoms with van der Waals surface area (Å²) in [5.41, 5.74) is 4.69. The molecule has 0 fully saturated rings. The van der Waals surface area contributed by atoms with Crippen molar-refractivity contribution in [1.29, 1.82) is 0 Å². The van der Waals surface area contributed by atoms with Crippen molar-refractivity contribution in [3.05, 3.63) is 87.7 Å². The number of halogens is 1. The third kappa shape index (κ3) is 4.64. The van der Waals surface area contributed by atoms with E-state index in [1.807, 2.05) is 36.7 Å². The number of rotatable bonds is 6. The maximum atomic E-state index is 12.9. The van der Waals surface area contributed by atoms with Gasteiger partial charge in [0.15, 0.2) is 0 Å². The third-order valence-corrected chi connectivity index (χ3v) is 5.35. The molecule has 0 saturated heterocycles. The molecule has 0 saturated carbocycles. The number of sulfonamides is 1. The predicted molar refractivity (Wildman–Crippen MR) is 113 cm³/mol. The van der Waals surface area contributed by atoms with Crippen molar-refractivity contribution in [2.24, 2.45) is 7.05 Å². The lowest BCUT2D eigenvalue weighted by atomic mass is 10.1. The van der Waals surface area contributed by atoms with Gasteiger partial charge in [-0.1, -0.05) is 23.7 Å². The molecule has 1 heterocycles. The van der Waals surface area contributed by atoms with E-state index in [0.717, 1.165) is 23.1 Å². The molecule has 3 rings (SSSR count). The lowest BCUT2D eigenvalue weighted by Crippen LogP contribution is -2.11. The van der Waals surface area contributed by atoms with Gasteiger partial charge in [0.2, 0.25) is 15.8 Å². The molecule has 0 aliphatic rings. The number of aromatic nitrogens is 1. The quantitative estimate of drug-likeness (QED) is 0.613. The minimum Gasteiger partial charge on any atom is -0.344 e. The van der Waals surface area contributed by atoms with E-state index in [1.165, 1.54) is 0 Å². The van der Waals surface area contributed by atoms with Gasteiger partial charge in [-0.2, -0.15) is 0 Å². The van der Waals surface area contributed by atoms with E-state index in [-0.39, 0.29) is 5.78 Å². The van der Waals surface area contributed by atoms with Gasteiger partial charge in [0, 0.05) is 35.4 Å². The molecule has 1 N–H and O–H groups in total. The molecule has 5 nitrogen and oxygen atoms in total. The van der Waals surface area contributed by atoms with E-state index in [0.29, 0.717) is 28.4 Å². The molecule has 0 atom stereocenters. The molecule has 0 aliphatic carbocycles. The van der Waals surface area contributed by atoms with Crippen molar-refractivity contribution in [1.82, 2.24) is 4.57 Å². The van der Waals surface area contributed by atoms with Crippen LogP contribution in [-0.4, -0.2) is 25.0 Å². The number of carbonyl (C=O) groups excluding carboxylic acids is 1. The number of aryl methyl sites for hydroxylation is 1. The Balaban J connectivity index is 1.84. The van der Waals surface area contributed by atoms with Gasteiger partial charge in [-0.15, -0.1) is 0 Å². The molecular formula is C21H21ClN2O3S. The van der Waals surface area contributed by atoms with Crippen LogP contribution >= 0.6 is 11.6 Å². The van der Waals surface area contributed by atoms with Gasteiger partial charge in [0.05, 0.1) is 11.9 Å². The van der Waals surface area contributed by atoms with Crippen molar-refractivity contribution >= 4 is 33.1 Å². The molecule has 2 aromatic carbocycles. The summed E-state index contributed by atoms with van der Waals surface area (Å²) in [6, 6.07) is 16.1. The minimum atomic E-state index is -3.30. The lowest BCUT2D eigenvalue weighted by molar-refractivity contribution is 0.103. The largest absolute Gasteiger partial charge is 0.344 e. The fourth-order valence-electron chi connectivity index (χ4n) is 3.18. The normalized spacial score (nSPS) is 11.4. The first-order valence-corrected chi connectivity index (χ1v) is 10.9. The topological polar surface area (TPSA) is 68.2 Å². The summed E-state index contributed by atoms with van der Waals surface area (Å²) in [6.45, 7) is 1.92. The molecule has 1 aromatic heterocycles. The van der Waals surface area contributed by atoms with Crippen LogP contribution in [0.3, 0.4) is 0 Å². The van der Waals surface area contributed by atoms with Crippen LogP contribution in [0.1, 0.15) is 32.9 Å². The Bertz CT molecular complexity index is 1120. The molecule has 7 heteroatoms. The van der Waals surface area contributed by atoms with E-state index >= 15 is 0 Å². The van der Waals surface area contributed by atoms with Gasteiger partial charge in [-0.05, 0) is 60.5 Å². The Labute approximate surface area is 170 Å². The van der Waals surface area contributed by atoms with Gasteiger partial charge < -0.3 is 4.57 Å². The zero-order valence-corrected chi connectivity index (χ0v) is 17.4. The van der Waals surface area contributed by atoms with Crippen molar-refractivity contribution in [2.75, 3.05) is 11.0 Å². The van der Waals surface area contributed by atoms with E-state index in [2.05, 4.69) is 4.72 Å². The standard InChI is InChI=1S/C21H21ClN2O3S/c1-14-12-19(13-15-4-10-18(11-5-15)23-28(3,26)27)24(2)20(14)21(25)16-6-8-17(22)9-7-16/h4-12,23H,13H2,1-3H3. The zero-order chi connectivity index (χ0) is 20.5. The Morgan fingerprint density at radius 3 is 2.25 bits per heavy atom. The molecule has 146 valence electrons. The minimum absolute atomic E-state index is 0.0457. The highest BCUT2D eigenvalue weighted by atomic mass is 35.5. The molecule has 28 heavy (non-hydrogen) atoms. The highest BCUT2D eigenvalue weighted by Crippen LogP contribution is 2.22. The van der Waals surface area contributed by atoms with Crippen LogP contribution in [-0.2, 0) is 23.5 Å². The van der Waals surface area contributed by atoms with Crippen LogP contribution in [0.4, 0.5) is 5.69 Å². The van der Waals surface area contributed by atoms with Crippen LogP contribution in [0.5, 0.6) is 0 Å². The van der Waals surface area contributed by atoms with Crippen molar-refractivity contribution in [2.45, 2.75) is 13.3 Å². The molecule has 0 radical (unpaired) electrons. The molecule has 0 aliphatic heterocycles. The molecule has 3 aromatic rings. The zero-order valence-electron chi connectivity index (χ0n) is 15.9. The fraction of sp³-hybridized carbons (Fsp3) is 0.190. The average Bonchev–Trinajstić information content (AvgIpc) is 2.89. The second kappa shape index (κ2) is 7.81. The van der Waals surface area contributed by atoms with Gasteiger partial charge in [-0.3, -0.25) is 9.52 Å². The molecule has 0 bridgehead atoms. The van der Waals surface area contributed by atoms with Gasteiger partial charge in [0.1, 0.15) is 0 Å². The molecule has 0 spiro atoms. The lowest BCUT2D eigenvalue weighted by Gasteiger charge is -2.09. The van der Waals surface area contributed by atoms with E-state index < -0.39 is 10.0 Å². The Morgan fingerprint density at radius 1 is 1.07 bits per heavy atom. The number of nitrogens with one attached hydrogen (secondary N) is 1. The number of anilines is 1. The number of nitrogens with zero attached hydrogens (tertiary/aromatic N) is 1. The predicted octanol–water partition coefficient (Wildman–Crippen LogP) is 4.18. The van der Waals surface area contributed by atoms with Gasteiger partial charge >= 0.3 is 0 Å². The Kier molecular flexibility index (Phi) is 5.63. The SMILES string of the molecule is Cc1cc(Cc2ccc(NS(C)(=O)=O)cc2)n(C)c1C(=O)c1ccc(Cl)cc1. The number of ketones is 1. The first-order valence-electron chi connectivity index (χ1n) is 8.66. The van der Waals surface area contributed by atoms with E-state index in [1.54, 1.807) is 36.4 Å². The van der Waals surface area contributed by atoms with E-state index in [9.17, 15) is 13.2 Å². The highest BCUT2D eigenvalue weighted by Gasteiger charge is 2.18. The average molecular weight is 417 g/mol. The van der Waals surface area contributed by atoms with Crippen LogP contribution in [0.25, 0.3) is 0 Å². The monoisotopic (exact) mass is 416 g/mol. The summed E-state index contributed by atoms with van der Waals surface area (Å²) in [5, 5.41) is 0.592. The summed E-state index contributed by atoms with van der Waals surface area (Å²) < 4.78 is 27.0. The number of hydrogen-bond donors (Lipinski definition) is 1.